The minimum absolute atomic E-state index is 0.0736. The van der Waals surface area contributed by atoms with Crippen LogP contribution in [0, 0.1) is 0 Å². The van der Waals surface area contributed by atoms with E-state index in [1.807, 2.05) is 38.2 Å². The smallest absolute Gasteiger partial charge is 0.231 e. The van der Waals surface area contributed by atoms with Crippen LogP contribution in [0.3, 0.4) is 0 Å². The van der Waals surface area contributed by atoms with E-state index in [1.54, 1.807) is 18.2 Å². The standard InChI is InChI=1S/C15H12BNO2/c16-10-3-6-13-12(8-10)15(18)14(19-13)7-9-1-4-11(17)5-2-9/h1-8H,16-17H2/b14-7-. The molecule has 0 fully saturated rings. The molecule has 1 heterocycles. The second kappa shape index (κ2) is 4.32. The summed E-state index contributed by atoms with van der Waals surface area (Å²) in [7, 11) is 1.95. The Morgan fingerprint density at radius 1 is 1.11 bits per heavy atom. The van der Waals surface area contributed by atoms with Crippen LogP contribution < -0.4 is 15.9 Å². The summed E-state index contributed by atoms with van der Waals surface area (Å²) in [6.45, 7) is 0. The van der Waals surface area contributed by atoms with Crippen molar-refractivity contribution in [3.63, 3.8) is 0 Å². The Labute approximate surface area is 112 Å². The highest BCUT2D eigenvalue weighted by molar-refractivity contribution is 6.33. The second-order valence-electron chi connectivity index (χ2n) is 4.61. The summed E-state index contributed by atoms with van der Waals surface area (Å²) >= 11 is 0. The van der Waals surface area contributed by atoms with Crippen molar-refractivity contribution in [2.75, 3.05) is 5.73 Å². The summed E-state index contributed by atoms with van der Waals surface area (Å²) in [5.41, 5.74) is 8.89. The molecule has 19 heavy (non-hydrogen) atoms. The van der Waals surface area contributed by atoms with Crippen LogP contribution in [0.1, 0.15) is 15.9 Å². The third-order valence-electron chi connectivity index (χ3n) is 3.06. The largest absolute Gasteiger partial charge is 0.452 e. The fourth-order valence-electron chi connectivity index (χ4n) is 2.05. The Morgan fingerprint density at radius 2 is 1.84 bits per heavy atom. The summed E-state index contributed by atoms with van der Waals surface area (Å²) in [5.74, 6) is 0.901. The van der Waals surface area contributed by atoms with Gasteiger partial charge in [0, 0.05) is 5.69 Å². The number of nitrogen functional groups attached to an aromatic ring is 1. The molecular weight excluding hydrogens is 237 g/mol. The van der Waals surface area contributed by atoms with Gasteiger partial charge >= 0.3 is 0 Å². The normalized spacial score (nSPS) is 15.4. The SMILES string of the molecule is Bc1ccc2c(c1)C(=O)/C(=C/c1ccc(N)cc1)O2. The molecule has 2 N–H and O–H groups in total. The average Bonchev–Trinajstić information content (AvgIpc) is 2.70. The van der Waals surface area contributed by atoms with Gasteiger partial charge in [-0.2, -0.15) is 0 Å². The maximum absolute atomic E-state index is 12.2. The van der Waals surface area contributed by atoms with E-state index in [2.05, 4.69) is 0 Å². The Morgan fingerprint density at radius 3 is 2.58 bits per heavy atom. The van der Waals surface area contributed by atoms with E-state index < -0.39 is 0 Å². The summed E-state index contributed by atoms with van der Waals surface area (Å²) < 4.78 is 5.59. The van der Waals surface area contributed by atoms with Crippen molar-refractivity contribution in [1.29, 1.82) is 0 Å². The monoisotopic (exact) mass is 249 g/mol. The quantitative estimate of drug-likeness (QED) is 0.468. The summed E-state index contributed by atoms with van der Waals surface area (Å²) in [5, 5.41) is 0. The van der Waals surface area contributed by atoms with Gasteiger partial charge in [0.05, 0.1) is 5.56 Å². The zero-order chi connectivity index (χ0) is 13.4. The van der Waals surface area contributed by atoms with Gasteiger partial charge in [0.2, 0.25) is 5.78 Å². The molecule has 3 nitrogen and oxygen atoms in total. The Hall–Kier alpha value is -2.49. The molecule has 0 aliphatic carbocycles. The Kier molecular flexibility index (Phi) is 2.64. The van der Waals surface area contributed by atoms with Gasteiger partial charge in [0.1, 0.15) is 13.6 Å². The number of carbonyl (C=O) groups is 1. The number of carbonyl (C=O) groups excluding carboxylic acids is 1. The molecule has 2 aromatic carbocycles. The van der Waals surface area contributed by atoms with Crippen molar-refractivity contribution in [2.45, 2.75) is 0 Å². The van der Waals surface area contributed by atoms with Crippen LogP contribution in [0.25, 0.3) is 6.08 Å². The molecule has 92 valence electrons. The van der Waals surface area contributed by atoms with Crippen LogP contribution in [0.2, 0.25) is 0 Å². The number of anilines is 1. The number of fused-ring (bicyclic) bond motifs is 1. The zero-order valence-electron chi connectivity index (χ0n) is 10.5. The highest BCUT2D eigenvalue weighted by Gasteiger charge is 2.26. The first-order chi connectivity index (χ1) is 9.13. The van der Waals surface area contributed by atoms with Crippen molar-refractivity contribution >= 4 is 30.9 Å². The Balaban J connectivity index is 1.97. The number of nitrogens with two attached hydrogens (primary N) is 1. The maximum Gasteiger partial charge on any atom is 0.231 e. The van der Waals surface area contributed by atoms with Crippen LogP contribution in [-0.2, 0) is 0 Å². The predicted molar refractivity (Wildman–Crippen MR) is 78.4 cm³/mol. The first-order valence-electron chi connectivity index (χ1n) is 6.04. The van der Waals surface area contributed by atoms with Gasteiger partial charge in [-0.3, -0.25) is 4.79 Å². The second-order valence-corrected chi connectivity index (χ2v) is 4.61. The van der Waals surface area contributed by atoms with Gasteiger partial charge in [-0.25, -0.2) is 0 Å². The third-order valence-corrected chi connectivity index (χ3v) is 3.06. The fourth-order valence-corrected chi connectivity index (χ4v) is 2.05. The fraction of sp³-hybridized carbons (Fsp3) is 0. The molecule has 2 aromatic rings. The van der Waals surface area contributed by atoms with E-state index in [4.69, 9.17) is 10.5 Å². The van der Waals surface area contributed by atoms with Gasteiger partial charge < -0.3 is 10.5 Å². The molecule has 0 saturated heterocycles. The van der Waals surface area contributed by atoms with Crippen LogP contribution >= 0.6 is 0 Å². The van der Waals surface area contributed by atoms with Crippen molar-refractivity contribution < 1.29 is 9.53 Å². The van der Waals surface area contributed by atoms with Gasteiger partial charge in [0.15, 0.2) is 5.76 Å². The van der Waals surface area contributed by atoms with E-state index in [0.29, 0.717) is 22.8 Å². The zero-order valence-corrected chi connectivity index (χ0v) is 10.5. The number of Topliss-reactive ketones (excluding diaryl/α,β-unsaturated/α-hetero) is 1. The first-order valence-corrected chi connectivity index (χ1v) is 6.04. The molecule has 0 saturated carbocycles. The predicted octanol–water partition coefficient (Wildman–Crippen LogP) is 1.14. The highest BCUT2D eigenvalue weighted by Crippen LogP contribution is 2.30. The minimum atomic E-state index is -0.0736. The average molecular weight is 249 g/mol. The molecular formula is C15H12BNO2. The maximum atomic E-state index is 12.2. The van der Waals surface area contributed by atoms with Gasteiger partial charge in [0.25, 0.3) is 0 Å². The molecule has 1 aliphatic heterocycles. The van der Waals surface area contributed by atoms with Crippen molar-refractivity contribution in [3.05, 3.63) is 59.4 Å². The van der Waals surface area contributed by atoms with Crippen molar-refractivity contribution in [1.82, 2.24) is 0 Å². The van der Waals surface area contributed by atoms with Crippen LogP contribution in [0.15, 0.2) is 48.2 Å². The van der Waals surface area contributed by atoms with Crippen LogP contribution in [-0.4, -0.2) is 13.6 Å². The summed E-state index contributed by atoms with van der Waals surface area (Å²) in [4.78, 5) is 12.2. The number of hydrogen-bond donors (Lipinski definition) is 1. The lowest BCUT2D eigenvalue weighted by molar-refractivity contribution is 0.101. The Bertz CT molecular complexity index is 690. The van der Waals surface area contributed by atoms with E-state index in [9.17, 15) is 4.79 Å². The lowest BCUT2D eigenvalue weighted by Gasteiger charge is -1.99. The molecule has 0 amide bonds. The highest BCUT2D eigenvalue weighted by atomic mass is 16.5. The topological polar surface area (TPSA) is 52.3 Å². The minimum Gasteiger partial charge on any atom is -0.452 e. The molecule has 0 spiro atoms. The molecule has 3 rings (SSSR count). The lowest BCUT2D eigenvalue weighted by atomic mass is 9.93. The number of ketones is 1. The number of ether oxygens (including phenoxy) is 1. The number of allylic oxidation sites excluding steroid dienone is 1. The third kappa shape index (κ3) is 2.13. The van der Waals surface area contributed by atoms with Gasteiger partial charge in [-0.1, -0.05) is 29.7 Å². The van der Waals surface area contributed by atoms with Crippen LogP contribution in [0.4, 0.5) is 5.69 Å². The summed E-state index contributed by atoms with van der Waals surface area (Å²) in [6, 6.07) is 12.9. The van der Waals surface area contributed by atoms with Crippen LogP contribution in [0.5, 0.6) is 5.75 Å². The van der Waals surface area contributed by atoms with E-state index >= 15 is 0 Å². The van der Waals surface area contributed by atoms with Gasteiger partial charge in [-0.05, 0) is 29.8 Å². The molecule has 0 atom stereocenters. The lowest BCUT2D eigenvalue weighted by Crippen LogP contribution is -2.04. The van der Waals surface area contributed by atoms with Gasteiger partial charge in [-0.15, -0.1) is 0 Å². The van der Waals surface area contributed by atoms with E-state index in [-0.39, 0.29) is 5.78 Å². The molecule has 0 radical (unpaired) electrons. The molecule has 0 unspecified atom stereocenters. The van der Waals surface area contributed by atoms with Crippen molar-refractivity contribution in [3.8, 4) is 5.75 Å². The molecule has 1 aliphatic rings. The van der Waals surface area contributed by atoms with E-state index in [0.717, 1.165) is 11.0 Å². The van der Waals surface area contributed by atoms with Crippen molar-refractivity contribution in [2.24, 2.45) is 0 Å². The number of hydrogen-bond acceptors (Lipinski definition) is 3. The molecule has 4 heteroatoms. The summed E-state index contributed by atoms with van der Waals surface area (Å²) in [6.07, 6.45) is 1.73. The molecule has 0 bridgehead atoms. The first kappa shape index (κ1) is 11.6. The number of rotatable bonds is 1. The number of benzene rings is 2. The van der Waals surface area contributed by atoms with E-state index in [1.165, 1.54) is 0 Å². The molecule has 0 aromatic heterocycles.